The maximum absolute atomic E-state index is 13.2. The monoisotopic (exact) mass is 291 g/mol. The van der Waals surface area contributed by atoms with Crippen molar-refractivity contribution in [3.63, 3.8) is 0 Å². The number of halogens is 2. The van der Waals surface area contributed by atoms with Crippen LogP contribution in [0.3, 0.4) is 0 Å². The fraction of sp³-hybridized carbons (Fsp3) is 0.294. The molecule has 2 nitrogen and oxygen atoms in total. The SMILES string of the molecule is CNC(c1ccc(C)cc1)C(C)Oc1cc(F)cc(F)c1. The zero-order valence-corrected chi connectivity index (χ0v) is 12.4. The quantitative estimate of drug-likeness (QED) is 0.899. The van der Waals surface area contributed by atoms with Crippen molar-refractivity contribution in [1.29, 1.82) is 0 Å². The summed E-state index contributed by atoms with van der Waals surface area (Å²) in [5, 5.41) is 3.17. The van der Waals surface area contributed by atoms with E-state index in [1.165, 1.54) is 17.7 Å². The summed E-state index contributed by atoms with van der Waals surface area (Å²) in [5.41, 5.74) is 2.24. The van der Waals surface area contributed by atoms with Crippen molar-refractivity contribution in [2.45, 2.75) is 26.0 Å². The van der Waals surface area contributed by atoms with Crippen molar-refractivity contribution in [3.8, 4) is 5.75 Å². The Morgan fingerprint density at radius 2 is 1.57 bits per heavy atom. The predicted octanol–water partition coefficient (Wildman–Crippen LogP) is 4.00. The highest BCUT2D eigenvalue weighted by Crippen LogP contribution is 2.23. The van der Waals surface area contributed by atoms with Gasteiger partial charge >= 0.3 is 0 Å². The van der Waals surface area contributed by atoms with Crippen LogP contribution in [0.4, 0.5) is 8.78 Å². The predicted molar refractivity (Wildman–Crippen MR) is 79.4 cm³/mol. The molecule has 1 N–H and O–H groups in total. The number of ether oxygens (including phenoxy) is 1. The van der Waals surface area contributed by atoms with E-state index >= 15 is 0 Å². The molecule has 0 radical (unpaired) electrons. The lowest BCUT2D eigenvalue weighted by atomic mass is 10.0. The van der Waals surface area contributed by atoms with Crippen LogP contribution in [0.15, 0.2) is 42.5 Å². The van der Waals surface area contributed by atoms with Gasteiger partial charge in [-0.15, -0.1) is 0 Å². The third kappa shape index (κ3) is 4.02. The van der Waals surface area contributed by atoms with E-state index in [1.807, 2.05) is 45.2 Å². The molecule has 2 aromatic rings. The van der Waals surface area contributed by atoms with Crippen LogP contribution >= 0.6 is 0 Å². The average molecular weight is 291 g/mol. The van der Waals surface area contributed by atoms with E-state index in [9.17, 15) is 8.78 Å². The maximum Gasteiger partial charge on any atom is 0.129 e. The largest absolute Gasteiger partial charge is 0.489 e. The standard InChI is InChI=1S/C17H19F2NO/c1-11-4-6-13(7-5-11)17(20-3)12(2)21-16-9-14(18)8-15(19)10-16/h4-10,12,17,20H,1-3H3. The van der Waals surface area contributed by atoms with Crippen molar-refractivity contribution in [3.05, 3.63) is 65.2 Å². The fourth-order valence-corrected chi connectivity index (χ4v) is 2.33. The van der Waals surface area contributed by atoms with E-state index in [0.29, 0.717) is 0 Å². The molecule has 0 amide bonds. The summed E-state index contributed by atoms with van der Waals surface area (Å²) in [6.45, 7) is 3.89. The van der Waals surface area contributed by atoms with Crippen LogP contribution < -0.4 is 10.1 Å². The molecule has 0 aliphatic rings. The molecule has 0 aliphatic carbocycles. The molecule has 2 atom stereocenters. The van der Waals surface area contributed by atoms with Crippen LogP contribution in [0.1, 0.15) is 24.1 Å². The molecule has 0 aromatic heterocycles. The molecule has 0 fully saturated rings. The van der Waals surface area contributed by atoms with Crippen LogP contribution in [0, 0.1) is 18.6 Å². The zero-order chi connectivity index (χ0) is 15.4. The van der Waals surface area contributed by atoms with Gasteiger partial charge in [0.2, 0.25) is 0 Å². The molecule has 2 unspecified atom stereocenters. The summed E-state index contributed by atoms with van der Waals surface area (Å²) in [4.78, 5) is 0. The Morgan fingerprint density at radius 3 is 2.10 bits per heavy atom. The molecule has 0 aliphatic heterocycles. The molecule has 4 heteroatoms. The zero-order valence-electron chi connectivity index (χ0n) is 12.4. The first-order valence-corrected chi connectivity index (χ1v) is 6.86. The molecule has 21 heavy (non-hydrogen) atoms. The van der Waals surface area contributed by atoms with Gasteiger partial charge in [-0.05, 0) is 26.5 Å². The number of nitrogens with one attached hydrogen (secondary N) is 1. The molecule has 2 rings (SSSR count). The minimum absolute atomic E-state index is 0.0723. The van der Waals surface area contributed by atoms with E-state index < -0.39 is 11.6 Å². The average Bonchev–Trinajstić information content (AvgIpc) is 2.40. The smallest absolute Gasteiger partial charge is 0.129 e. The molecule has 0 heterocycles. The second kappa shape index (κ2) is 6.68. The van der Waals surface area contributed by atoms with Crippen molar-refractivity contribution in [2.24, 2.45) is 0 Å². The maximum atomic E-state index is 13.2. The third-order valence-electron chi connectivity index (χ3n) is 3.37. The van der Waals surface area contributed by atoms with Crippen LogP contribution in [0.25, 0.3) is 0 Å². The number of hydrogen-bond acceptors (Lipinski definition) is 2. The summed E-state index contributed by atoms with van der Waals surface area (Å²) < 4.78 is 32.1. The van der Waals surface area contributed by atoms with Gasteiger partial charge in [-0.3, -0.25) is 0 Å². The van der Waals surface area contributed by atoms with Crippen molar-refractivity contribution in [1.82, 2.24) is 5.32 Å². The Labute approximate surface area is 123 Å². The lowest BCUT2D eigenvalue weighted by molar-refractivity contribution is 0.174. The number of benzene rings is 2. The first-order chi connectivity index (χ1) is 9.99. The normalized spacial score (nSPS) is 13.8. The highest BCUT2D eigenvalue weighted by atomic mass is 19.1. The van der Waals surface area contributed by atoms with Gasteiger partial charge in [-0.1, -0.05) is 29.8 Å². The van der Waals surface area contributed by atoms with Gasteiger partial charge in [0.15, 0.2) is 0 Å². The molecule has 2 aromatic carbocycles. The summed E-state index contributed by atoms with van der Waals surface area (Å²) in [7, 11) is 1.83. The van der Waals surface area contributed by atoms with Crippen LogP contribution in [-0.4, -0.2) is 13.2 Å². The Kier molecular flexibility index (Phi) is 4.91. The number of rotatable bonds is 5. The Morgan fingerprint density at radius 1 is 1.00 bits per heavy atom. The Hall–Kier alpha value is -1.94. The van der Waals surface area contributed by atoms with E-state index in [4.69, 9.17) is 4.74 Å². The summed E-state index contributed by atoms with van der Waals surface area (Å²) in [5.74, 6) is -1.10. The Bertz CT molecular complexity index is 578. The van der Waals surface area contributed by atoms with Gasteiger partial charge in [0, 0.05) is 18.2 Å². The Balaban J connectivity index is 2.16. The number of likely N-dealkylation sites (N-methyl/N-ethyl adjacent to an activating group) is 1. The highest BCUT2D eigenvalue weighted by Gasteiger charge is 2.19. The molecule has 0 saturated carbocycles. The summed E-state index contributed by atoms with van der Waals surface area (Å²) in [6, 6.07) is 11.2. The van der Waals surface area contributed by atoms with Gasteiger partial charge < -0.3 is 10.1 Å². The number of aryl methyl sites for hydroxylation is 1. The van der Waals surface area contributed by atoms with Crippen LogP contribution in [0.2, 0.25) is 0 Å². The first-order valence-electron chi connectivity index (χ1n) is 6.86. The minimum atomic E-state index is -0.645. The molecule has 112 valence electrons. The molecule has 0 bridgehead atoms. The number of hydrogen-bond donors (Lipinski definition) is 1. The van der Waals surface area contributed by atoms with Gasteiger partial charge in [0.05, 0.1) is 6.04 Å². The van der Waals surface area contributed by atoms with E-state index in [1.54, 1.807) is 0 Å². The van der Waals surface area contributed by atoms with Crippen molar-refractivity contribution >= 4 is 0 Å². The molecule has 0 spiro atoms. The van der Waals surface area contributed by atoms with Gasteiger partial charge in [0.25, 0.3) is 0 Å². The van der Waals surface area contributed by atoms with E-state index in [-0.39, 0.29) is 17.9 Å². The summed E-state index contributed by atoms with van der Waals surface area (Å²) in [6.07, 6.45) is -0.279. The van der Waals surface area contributed by atoms with Gasteiger partial charge in [0.1, 0.15) is 23.5 Å². The van der Waals surface area contributed by atoms with Gasteiger partial charge in [-0.2, -0.15) is 0 Å². The second-order valence-corrected chi connectivity index (χ2v) is 5.11. The minimum Gasteiger partial charge on any atom is -0.489 e. The third-order valence-corrected chi connectivity index (χ3v) is 3.37. The van der Waals surface area contributed by atoms with E-state index in [0.717, 1.165) is 11.6 Å². The lowest BCUT2D eigenvalue weighted by Crippen LogP contribution is -2.31. The summed E-state index contributed by atoms with van der Waals surface area (Å²) >= 11 is 0. The fourth-order valence-electron chi connectivity index (χ4n) is 2.33. The van der Waals surface area contributed by atoms with Crippen LogP contribution in [-0.2, 0) is 0 Å². The first kappa shape index (κ1) is 15.4. The van der Waals surface area contributed by atoms with Crippen LogP contribution in [0.5, 0.6) is 5.75 Å². The molecule has 0 saturated heterocycles. The highest BCUT2D eigenvalue weighted by molar-refractivity contribution is 5.27. The van der Waals surface area contributed by atoms with Crippen molar-refractivity contribution in [2.75, 3.05) is 7.05 Å². The van der Waals surface area contributed by atoms with Gasteiger partial charge in [-0.25, -0.2) is 8.78 Å². The molecular weight excluding hydrogens is 272 g/mol. The lowest BCUT2D eigenvalue weighted by Gasteiger charge is -2.25. The topological polar surface area (TPSA) is 21.3 Å². The second-order valence-electron chi connectivity index (χ2n) is 5.11. The van der Waals surface area contributed by atoms with E-state index in [2.05, 4.69) is 5.32 Å². The van der Waals surface area contributed by atoms with Crippen molar-refractivity contribution < 1.29 is 13.5 Å². The molecular formula is C17H19F2NO.